The fourth-order valence-electron chi connectivity index (χ4n) is 3.09. The minimum atomic E-state index is -3.57. The maximum Gasteiger partial charge on any atom is 0.240 e. The molecule has 6 nitrogen and oxygen atoms in total. The van der Waals surface area contributed by atoms with Crippen LogP contribution < -0.4 is 14.4 Å². The van der Waals surface area contributed by atoms with Crippen LogP contribution in [-0.4, -0.2) is 34.0 Å². The Hall–Kier alpha value is -2.38. The average molecular weight is 388 g/mol. The van der Waals surface area contributed by atoms with Gasteiger partial charge in [-0.1, -0.05) is 17.7 Å². The van der Waals surface area contributed by atoms with Crippen molar-refractivity contribution in [3.05, 3.63) is 54.1 Å². The van der Waals surface area contributed by atoms with Gasteiger partial charge in [0.15, 0.2) is 0 Å². The van der Waals surface area contributed by atoms with Crippen molar-refractivity contribution in [2.45, 2.75) is 25.2 Å². The van der Waals surface area contributed by atoms with Gasteiger partial charge in [0.1, 0.15) is 5.75 Å². The average Bonchev–Trinajstić information content (AvgIpc) is 3.02. The number of aryl methyl sites for hydroxylation is 1. The summed E-state index contributed by atoms with van der Waals surface area (Å²) in [5.41, 5.74) is 1.80. The van der Waals surface area contributed by atoms with Gasteiger partial charge in [-0.3, -0.25) is 4.79 Å². The van der Waals surface area contributed by atoms with E-state index < -0.39 is 10.0 Å². The van der Waals surface area contributed by atoms with Gasteiger partial charge in [-0.25, -0.2) is 13.1 Å². The van der Waals surface area contributed by atoms with Crippen LogP contribution in [0.1, 0.15) is 18.9 Å². The molecule has 1 heterocycles. The number of sulfonamides is 1. The summed E-state index contributed by atoms with van der Waals surface area (Å²) in [6.45, 7) is 5.13. The normalized spacial score (nSPS) is 17.3. The third-order valence-corrected chi connectivity index (χ3v) is 6.00. The van der Waals surface area contributed by atoms with Crippen molar-refractivity contribution >= 4 is 21.6 Å². The highest BCUT2D eigenvalue weighted by atomic mass is 32.2. The zero-order valence-corrected chi connectivity index (χ0v) is 16.3. The Morgan fingerprint density at radius 1 is 1.11 bits per heavy atom. The van der Waals surface area contributed by atoms with Crippen LogP contribution in [0, 0.1) is 12.8 Å². The highest BCUT2D eigenvalue weighted by Gasteiger charge is 2.31. The van der Waals surface area contributed by atoms with E-state index in [0.29, 0.717) is 19.6 Å². The number of benzene rings is 2. The number of anilines is 1. The lowest BCUT2D eigenvalue weighted by atomic mass is 10.1. The topological polar surface area (TPSA) is 75.7 Å². The molecular formula is C20H24N2O4S. The van der Waals surface area contributed by atoms with Crippen molar-refractivity contribution < 1.29 is 17.9 Å². The van der Waals surface area contributed by atoms with Crippen LogP contribution in [0.15, 0.2) is 53.4 Å². The van der Waals surface area contributed by atoms with E-state index in [1.165, 1.54) is 0 Å². The molecule has 7 heteroatoms. The fourth-order valence-corrected chi connectivity index (χ4v) is 4.20. The van der Waals surface area contributed by atoms with E-state index in [-0.39, 0.29) is 23.3 Å². The van der Waals surface area contributed by atoms with E-state index in [2.05, 4.69) is 4.72 Å². The molecule has 2 aromatic carbocycles. The largest absolute Gasteiger partial charge is 0.494 e. The number of carbonyl (C=O) groups is 1. The molecule has 1 unspecified atom stereocenters. The third-order valence-electron chi connectivity index (χ3n) is 4.56. The number of nitrogens with zero attached hydrogens (tertiary/aromatic N) is 1. The monoisotopic (exact) mass is 388 g/mol. The van der Waals surface area contributed by atoms with E-state index in [0.717, 1.165) is 17.0 Å². The number of hydrogen-bond donors (Lipinski definition) is 1. The second-order valence-electron chi connectivity index (χ2n) is 6.67. The van der Waals surface area contributed by atoms with Crippen molar-refractivity contribution in [2.24, 2.45) is 5.92 Å². The minimum absolute atomic E-state index is 0.00121. The number of ether oxygens (including phenoxy) is 1. The standard InChI is InChI=1S/C20H24N2O4S/c1-3-26-18-8-6-17(7-9-18)22-14-16(12-20(22)23)13-21-27(24,25)19-10-4-15(2)5-11-19/h4-11,16,21H,3,12-14H2,1-2H3. The molecule has 27 heavy (non-hydrogen) atoms. The zero-order chi connectivity index (χ0) is 19.4. The van der Waals surface area contributed by atoms with E-state index in [1.54, 1.807) is 29.2 Å². The first kappa shape index (κ1) is 19.4. The van der Waals surface area contributed by atoms with Crippen LogP contribution in [0.5, 0.6) is 5.75 Å². The van der Waals surface area contributed by atoms with Crippen LogP contribution in [-0.2, 0) is 14.8 Å². The molecule has 0 spiro atoms. The molecule has 1 aliphatic heterocycles. The molecule has 1 aliphatic rings. The second kappa shape index (κ2) is 8.10. The van der Waals surface area contributed by atoms with Gasteiger partial charge in [0, 0.05) is 25.2 Å². The molecule has 1 atom stereocenters. The molecule has 1 fully saturated rings. The van der Waals surface area contributed by atoms with Crippen molar-refractivity contribution in [1.82, 2.24) is 4.72 Å². The van der Waals surface area contributed by atoms with Gasteiger partial charge in [0.05, 0.1) is 11.5 Å². The van der Waals surface area contributed by atoms with Crippen molar-refractivity contribution in [3.8, 4) is 5.75 Å². The first-order chi connectivity index (χ1) is 12.9. The van der Waals surface area contributed by atoms with E-state index in [1.807, 2.05) is 38.1 Å². The molecule has 0 saturated carbocycles. The summed E-state index contributed by atoms with van der Waals surface area (Å²) in [4.78, 5) is 14.3. The van der Waals surface area contributed by atoms with Gasteiger partial charge < -0.3 is 9.64 Å². The minimum Gasteiger partial charge on any atom is -0.494 e. The highest BCUT2D eigenvalue weighted by molar-refractivity contribution is 7.89. The number of carbonyl (C=O) groups excluding carboxylic acids is 1. The Labute approximate surface area is 160 Å². The Morgan fingerprint density at radius 2 is 1.78 bits per heavy atom. The Morgan fingerprint density at radius 3 is 2.41 bits per heavy atom. The molecule has 0 aromatic heterocycles. The Bertz CT molecular complexity index is 893. The van der Waals surface area contributed by atoms with Crippen molar-refractivity contribution in [3.63, 3.8) is 0 Å². The summed E-state index contributed by atoms with van der Waals surface area (Å²) in [6.07, 6.45) is 0.323. The van der Waals surface area contributed by atoms with E-state index in [4.69, 9.17) is 4.74 Å². The molecule has 1 saturated heterocycles. The number of rotatable bonds is 7. The van der Waals surface area contributed by atoms with E-state index >= 15 is 0 Å². The summed E-state index contributed by atoms with van der Waals surface area (Å²) in [7, 11) is -3.57. The van der Waals surface area contributed by atoms with Gasteiger partial charge >= 0.3 is 0 Å². The van der Waals surface area contributed by atoms with Crippen LogP contribution in [0.3, 0.4) is 0 Å². The summed E-state index contributed by atoms with van der Waals surface area (Å²) in [6, 6.07) is 14.1. The first-order valence-corrected chi connectivity index (χ1v) is 10.5. The summed E-state index contributed by atoms with van der Waals surface area (Å²) in [5.74, 6) is 0.693. The molecular weight excluding hydrogens is 364 g/mol. The van der Waals surface area contributed by atoms with Crippen molar-refractivity contribution in [2.75, 3.05) is 24.6 Å². The molecule has 1 N–H and O–H groups in total. The predicted octanol–water partition coefficient (Wildman–Crippen LogP) is 2.73. The molecule has 0 radical (unpaired) electrons. The van der Waals surface area contributed by atoms with Gasteiger partial charge in [-0.2, -0.15) is 0 Å². The first-order valence-electron chi connectivity index (χ1n) is 8.98. The molecule has 144 valence electrons. The van der Waals surface area contributed by atoms with Crippen LogP contribution in [0.25, 0.3) is 0 Å². The van der Waals surface area contributed by atoms with Gasteiger partial charge in [-0.15, -0.1) is 0 Å². The van der Waals surface area contributed by atoms with E-state index in [9.17, 15) is 13.2 Å². The maximum absolute atomic E-state index is 12.4. The summed E-state index contributed by atoms with van der Waals surface area (Å²) >= 11 is 0. The molecule has 0 bridgehead atoms. The lowest BCUT2D eigenvalue weighted by molar-refractivity contribution is -0.117. The van der Waals surface area contributed by atoms with Crippen LogP contribution >= 0.6 is 0 Å². The van der Waals surface area contributed by atoms with Gasteiger partial charge in [-0.05, 0) is 56.2 Å². The number of hydrogen-bond acceptors (Lipinski definition) is 4. The molecule has 0 aliphatic carbocycles. The quantitative estimate of drug-likeness (QED) is 0.791. The van der Waals surface area contributed by atoms with Gasteiger partial charge in [0.25, 0.3) is 0 Å². The molecule has 2 aromatic rings. The van der Waals surface area contributed by atoms with Crippen molar-refractivity contribution in [1.29, 1.82) is 0 Å². The Kier molecular flexibility index (Phi) is 5.82. The smallest absolute Gasteiger partial charge is 0.240 e. The zero-order valence-electron chi connectivity index (χ0n) is 15.5. The number of nitrogens with one attached hydrogen (secondary N) is 1. The second-order valence-corrected chi connectivity index (χ2v) is 8.43. The summed E-state index contributed by atoms with van der Waals surface area (Å²) in [5, 5.41) is 0. The highest BCUT2D eigenvalue weighted by Crippen LogP contribution is 2.27. The van der Waals surface area contributed by atoms with Crippen LogP contribution in [0.2, 0.25) is 0 Å². The van der Waals surface area contributed by atoms with Crippen LogP contribution in [0.4, 0.5) is 5.69 Å². The predicted molar refractivity (Wildman–Crippen MR) is 104 cm³/mol. The molecule has 1 amide bonds. The number of amides is 1. The lowest BCUT2D eigenvalue weighted by Crippen LogP contribution is -2.31. The molecule has 3 rings (SSSR count). The maximum atomic E-state index is 12.4. The third kappa shape index (κ3) is 4.67. The lowest BCUT2D eigenvalue weighted by Gasteiger charge is -2.17. The fraction of sp³-hybridized carbons (Fsp3) is 0.350. The SMILES string of the molecule is CCOc1ccc(N2CC(CNS(=O)(=O)c3ccc(C)cc3)CC2=O)cc1. The Balaban J connectivity index is 1.61. The summed E-state index contributed by atoms with van der Waals surface area (Å²) < 4.78 is 32.9. The van der Waals surface area contributed by atoms with Gasteiger partial charge in [0.2, 0.25) is 15.9 Å².